The number of aliphatic imine (C=N–C) groups is 1. The van der Waals surface area contributed by atoms with Gasteiger partial charge in [0.2, 0.25) is 0 Å². The Morgan fingerprint density at radius 2 is 1.96 bits per heavy atom. The van der Waals surface area contributed by atoms with Gasteiger partial charge in [0, 0.05) is 31.2 Å². The summed E-state index contributed by atoms with van der Waals surface area (Å²) in [6.45, 7) is 5.01. The van der Waals surface area contributed by atoms with Crippen LogP contribution in [0.4, 0.5) is 4.39 Å². The van der Waals surface area contributed by atoms with Crippen LogP contribution in [-0.2, 0) is 6.54 Å². The minimum Gasteiger partial charge on any atom is -0.357 e. The molecule has 0 saturated heterocycles. The number of benzene rings is 1. The van der Waals surface area contributed by atoms with Crippen molar-refractivity contribution in [2.45, 2.75) is 45.2 Å². The lowest BCUT2D eigenvalue weighted by Crippen LogP contribution is -2.42. The second-order valence-electron chi connectivity index (χ2n) is 6.13. The van der Waals surface area contributed by atoms with Crippen LogP contribution in [0.25, 0.3) is 0 Å². The van der Waals surface area contributed by atoms with E-state index in [2.05, 4.69) is 27.6 Å². The zero-order valence-electron chi connectivity index (χ0n) is 14.7. The molecule has 1 fully saturated rings. The fourth-order valence-corrected chi connectivity index (χ4v) is 3.01. The first-order chi connectivity index (χ1) is 11.2. The monoisotopic (exact) mass is 448 g/mol. The lowest BCUT2D eigenvalue weighted by atomic mass is 10.2. The summed E-state index contributed by atoms with van der Waals surface area (Å²) in [5.41, 5.74) is 0.618. The largest absolute Gasteiger partial charge is 0.357 e. The van der Waals surface area contributed by atoms with Gasteiger partial charge < -0.3 is 15.5 Å². The first-order valence-electron chi connectivity index (χ1n) is 8.66. The smallest absolute Gasteiger partial charge is 0.191 e. The Labute approximate surface area is 162 Å². The van der Waals surface area contributed by atoms with E-state index >= 15 is 0 Å². The van der Waals surface area contributed by atoms with Gasteiger partial charge >= 0.3 is 0 Å². The third-order valence-electron chi connectivity index (χ3n) is 4.41. The Kier molecular flexibility index (Phi) is 10.2. The fourth-order valence-electron chi connectivity index (χ4n) is 3.01. The maximum absolute atomic E-state index is 13.6. The summed E-state index contributed by atoms with van der Waals surface area (Å²) < 4.78 is 13.6. The van der Waals surface area contributed by atoms with Gasteiger partial charge in [-0.25, -0.2) is 9.38 Å². The number of hydrogen-bond donors (Lipinski definition) is 2. The summed E-state index contributed by atoms with van der Waals surface area (Å²) in [5.74, 6) is 0.545. The molecule has 0 spiro atoms. The summed E-state index contributed by atoms with van der Waals surface area (Å²) in [6, 6.07) is 7.52. The zero-order valence-corrected chi connectivity index (χ0v) is 17.1. The van der Waals surface area contributed by atoms with E-state index in [1.807, 2.05) is 13.0 Å². The average Bonchev–Trinajstić information content (AvgIpc) is 3.08. The highest BCUT2D eigenvalue weighted by atomic mass is 127. The van der Waals surface area contributed by atoms with E-state index < -0.39 is 0 Å². The third-order valence-corrected chi connectivity index (χ3v) is 4.41. The van der Waals surface area contributed by atoms with E-state index in [0.29, 0.717) is 12.1 Å². The topological polar surface area (TPSA) is 39.7 Å². The van der Waals surface area contributed by atoms with E-state index in [4.69, 9.17) is 0 Å². The summed E-state index contributed by atoms with van der Waals surface area (Å²) in [4.78, 5) is 6.91. The molecule has 1 aliphatic carbocycles. The first kappa shape index (κ1) is 21.2. The fraction of sp³-hybridized carbons (Fsp3) is 0.611. The molecule has 0 aromatic heterocycles. The van der Waals surface area contributed by atoms with Crippen molar-refractivity contribution in [3.05, 3.63) is 35.6 Å². The maximum Gasteiger partial charge on any atom is 0.191 e. The van der Waals surface area contributed by atoms with Crippen molar-refractivity contribution in [3.8, 4) is 0 Å². The van der Waals surface area contributed by atoms with Crippen LogP contribution in [0.15, 0.2) is 29.3 Å². The molecule has 1 aliphatic rings. The Bertz CT molecular complexity index is 504. The van der Waals surface area contributed by atoms with Crippen LogP contribution in [0.3, 0.4) is 0 Å². The molecule has 0 aliphatic heterocycles. The van der Waals surface area contributed by atoms with Gasteiger partial charge in [-0.05, 0) is 32.9 Å². The van der Waals surface area contributed by atoms with E-state index in [1.165, 1.54) is 31.7 Å². The average molecular weight is 448 g/mol. The van der Waals surface area contributed by atoms with Gasteiger partial charge in [0.1, 0.15) is 5.82 Å². The van der Waals surface area contributed by atoms with Crippen molar-refractivity contribution < 1.29 is 4.39 Å². The predicted molar refractivity (Wildman–Crippen MR) is 110 cm³/mol. The van der Waals surface area contributed by atoms with Gasteiger partial charge in [-0.15, -0.1) is 24.0 Å². The Morgan fingerprint density at radius 3 is 2.62 bits per heavy atom. The highest BCUT2D eigenvalue weighted by Crippen LogP contribution is 2.21. The number of likely N-dealkylation sites (N-methyl/N-ethyl adjacent to an activating group) is 1. The molecule has 1 saturated carbocycles. The lowest BCUT2D eigenvalue weighted by molar-refractivity contribution is 0.249. The van der Waals surface area contributed by atoms with Crippen molar-refractivity contribution in [1.82, 2.24) is 15.5 Å². The summed E-state index contributed by atoms with van der Waals surface area (Å²) in [7, 11) is 2.20. The van der Waals surface area contributed by atoms with Crippen LogP contribution in [0, 0.1) is 5.82 Å². The summed E-state index contributed by atoms with van der Waals surface area (Å²) in [6.07, 6.45) is 5.35. The molecule has 2 N–H and O–H groups in total. The van der Waals surface area contributed by atoms with Crippen molar-refractivity contribution in [1.29, 1.82) is 0 Å². The zero-order chi connectivity index (χ0) is 16.5. The number of halogens is 2. The molecule has 136 valence electrons. The standard InChI is InChI=1S/C18H29FN4.HI/c1-3-20-18(22-14-15-8-4-7-11-17(15)19)21-12-13-23(2)16-9-5-6-10-16;/h4,7-8,11,16H,3,5-6,9-10,12-14H2,1-2H3,(H2,20,21,22);1H. The number of nitrogens with zero attached hydrogens (tertiary/aromatic N) is 2. The second-order valence-corrected chi connectivity index (χ2v) is 6.13. The minimum atomic E-state index is -0.201. The van der Waals surface area contributed by atoms with E-state index in [-0.39, 0.29) is 29.8 Å². The number of nitrogens with one attached hydrogen (secondary N) is 2. The molecular formula is C18H30FIN4. The number of guanidine groups is 1. The van der Waals surface area contributed by atoms with E-state index in [1.54, 1.807) is 12.1 Å². The van der Waals surface area contributed by atoms with Crippen LogP contribution in [-0.4, -0.2) is 43.6 Å². The SMILES string of the molecule is CCNC(=NCc1ccccc1F)NCCN(C)C1CCCC1.I. The van der Waals surface area contributed by atoms with Crippen molar-refractivity contribution in [3.63, 3.8) is 0 Å². The molecule has 0 bridgehead atoms. The van der Waals surface area contributed by atoms with Crippen LogP contribution >= 0.6 is 24.0 Å². The normalized spacial score (nSPS) is 15.4. The molecule has 2 rings (SSSR count). The molecule has 0 heterocycles. The Balaban J connectivity index is 0.00000288. The number of hydrogen-bond acceptors (Lipinski definition) is 2. The molecule has 0 amide bonds. The van der Waals surface area contributed by atoms with Crippen molar-refractivity contribution in [2.75, 3.05) is 26.7 Å². The molecule has 0 atom stereocenters. The first-order valence-corrected chi connectivity index (χ1v) is 8.66. The van der Waals surface area contributed by atoms with Gasteiger partial charge in [-0.1, -0.05) is 31.0 Å². The van der Waals surface area contributed by atoms with Gasteiger partial charge in [-0.2, -0.15) is 0 Å². The second kappa shape index (κ2) is 11.6. The quantitative estimate of drug-likeness (QED) is 0.382. The summed E-state index contributed by atoms with van der Waals surface area (Å²) >= 11 is 0. The molecule has 24 heavy (non-hydrogen) atoms. The molecule has 1 aromatic carbocycles. The predicted octanol–water partition coefficient (Wildman–Crippen LogP) is 3.37. The van der Waals surface area contributed by atoms with Gasteiger partial charge in [0.15, 0.2) is 5.96 Å². The Morgan fingerprint density at radius 1 is 1.25 bits per heavy atom. The van der Waals surface area contributed by atoms with Crippen LogP contribution < -0.4 is 10.6 Å². The molecule has 4 nitrogen and oxygen atoms in total. The Hall–Kier alpha value is -0.890. The molecule has 0 radical (unpaired) electrons. The van der Waals surface area contributed by atoms with Gasteiger partial charge in [-0.3, -0.25) is 0 Å². The molecule has 0 unspecified atom stereocenters. The highest BCUT2D eigenvalue weighted by molar-refractivity contribution is 14.0. The highest BCUT2D eigenvalue weighted by Gasteiger charge is 2.18. The molecule has 6 heteroatoms. The lowest BCUT2D eigenvalue weighted by Gasteiger charge is -2.24. The van der Waals surface area contributed by atoms with Crippen molar-refractivity contribution in [2.24, 2.45) is 4.99 Å². The maximum atomic E-state index is 13.6. The van der Waals surface area contributed by atoms with Gasteiger partial charge in [0.05, 0.1) is 6.54 Å². The van der Waals surface area contributed by atoms with Crippen molar-refractivity contribution >= 4 is 29.9 Å². The van der Waals surface area contributed by atoms with Gasteiger partial charge in [0.25, 0.3) is 0 Å². The van der Waals surface area contributed by atoms with E-state index in [9.17, 15) is 4.39 Å². The van der Waals surface area contributed by atoms with Crippen LogP contribution in [0.1, 0.15) is 38.2 Å². The van der Waals surface area contributed by atoms with Crippen LogP contribution in [0.5, 0.6) is 0 Å². The van der Waals surface area contributed by atoms with E-state index in [0.717, 1.165) is 31.6 Å². The minimum absolute atomic E-state index is 0. The molecular weight excluding hydrogens is 418 g/mol. The van der Waals surface area contributed by atoms with Crippen LogP contribution in [0.2, 0.25) is 0 Å². The third kappa shape index (κ3) is 6.93. The molecule has 1 aromatic rings. The number of rotatable bonds is 7. The summed E-state index contributed by atoms with van der Waals surface area (Å²) in [5, 5.41) is 6.55.